The van der Waals surface area contributed by atoms with Gasteiger partial charge in [0, 0.05) is 6.61 Å². The number of hydrogen-bond acceptors (Lipinski definition) is 2. The number of ether oxygens (including phenoxy) is 1. The van der Waals surface area contributed by atoms with Crippen LogP contribution in [-0.2, 0) is 9.53 Å². The van der Waals surface area contributed by atoms with Crippen LogP contribution in [0.15, 0.2) is 0 Å². The third kappa shape index (κ3) is 11.0. The van der Waals surface area contributed by atoms with Gasteiger partial charge in [0.2, 0.25) is 0 Å². The van der Waals surface area contributed by atoms with Crippen molar-refractivity contribution in [1.82, 2.24) is 0 Å². The molecule has 0 rings (SSSR count). The molecule has 1 unspecified atom stereocenters. The summed E-state index contributed by atoms with van der Waals surface area (Å²) in [5.41, 5.74) is 0. The van der Waals surface area contributed by atoms with Crippen molar-refractivity contribution in [2.45, 2.75) is 20.0 Å². The first-order valence-corrected chi connectivity index (χ1v) is 2.67. The van der Waals surface area contributed by atoms with Gasteiger partial charge in [-0.3, -0.25) is 0 Å². The van der Waals surface area contributed by atoms with Crippen molar-refractivity contribution in [1.29, 1.82) is 0 Å². The molecule has 0 saturated heterocycles. The molecule has 0 N–H and O–H groups in total. The Morgan fingerprint density at radius 3 is 2.33 bits per heavy atom. The Hall–Kier alpha value is -0.810. The van der Waals surface area contributed by atoms with E-state index >= 15 is 0 Å². The highest BCUT2D eigenvalue weighted by Crippen LogP contribution is 1.83. The molecular weight excluding hydrogens is 116 g/mol. The Balaban J connectivity index is 0. The van der Waals surface area contributed by atoms with Crippen molar-refractivity contribution in [3.63, 3.8) is 0 Å². The Labute approximate surface area is 56.2 Å². The van der Waals surface area contributed by atoms with Gasteiger partial charge in [-0.1, -0.05) is 5.92 Å². The van der Waals surface area contributed by atoms with Crippen LogP contribution in [0.1, 0.15) is 13.8 Å². The number of hydrogen-bond donors (Lipinski definition) is 0. The van der Waals surface area contributed by atoms with Gasteiger partial charge in [0.25, 0.3) is 0 Å². The Kier molecular flexibility index (Phi) is 12.6. The first kappa shape index (κ1) is 11.0. The van der Waals surface area contributed by atoms with Gasteiger partial charge in [0.1, 0.15) is 12.9 Å². The van der Waals surface area contributed by atoms with E-state index in [1.165, 1.54) is 0 Å². The fourth-order valence-electron chi connectivity index (χ4n) is 0.298. The van der Waals surface area contributed by atoms with Crippen molar-refractivity contribution in [3.05, 3.63) is 0 Å². The molecule has 0 aliphatic rings. The van der Waals surface area contributed by atoms with E-state index in [-0.39, 0.29) is 6.10 Å². The molecule has 0 fully saturated rings. The van der Waals surface area contributed by atoms with E-state index in [9.17, 15) is 0 Å². The molecule has 0 aromatic heterocycles. The highest BCUT2D eigenvalue weighted by Gasteiger charge is 1.88. The van der Waals surface area contributed by atoms with Gasteiger partial charge >= 0.3 is 0 Å². The molecule has 0 aliphatic carbocycles. The first-order valence-electron chi connectivity index (χ1n) is 2.67. The normalized spacial score (nSPS) is 10.3. The first-order chi connectivity index (χ1) is 4.31. The summed E-state index contributed by atoms with van der Waals surface area (Å²) in [6, 6.07) is 0. The molecule has 9 heavy (non-hydrogen) atoms. The summed E-state index contributed by atoms with van der Waals surface area (Å²) >= 11 is 0. The lowest BCUT2D eigenvalue weighted by Crippen LogP contribution is -2.02. The quantitative estimate of drug-likeness (QED) is 0.515. The SMILES string of the molecule is C#CC(C)OCC.C=O. The van der Waals surface area contributed by atoms with Crippen LogP contribution in [0.4, 0.5) is 0 Å². The van der Waals surface area contributed by atoms with Gasteiger partial charge in [0.15, 0.2) is 0 Å². The van der Waals surface area contributed by atoms with Crippen molar-refractivity contribution >= 4 is 6.79 Å². The third-order valence-electron chi connectivity index (χ3n) is 0.651. The van der Waals surface area contributed by atoms with Gasteiger partial charge in [0.05, 0.1) is 0 Å². The van der Waals surface area contributed by atoms with Gasteiger partial charge in [-0.05, 0) is 13.8 Å². The predicted octanol–water partition coefficient (Wildman–Crippen LogP) is 0.860. The monoisotopic (exact) mass is 128 g/mol. The minimum Gasteiger partial charge on any atom is -0.366 e. The Morgan fingerprint density at radius 2 is 2.22 bits per heavy atom. The largest absolute Gasteiger partial charge is 0.366 e. The fourth-order valence-corrected chi connectivity index (χ4v) is 0.298. The second-order valence-corrected chi connectivity index (χ2v) is 1.26. The fraction of sp³-hybridized carbons (Fsp3) is 0.571. The van der Waals surface area contributed by atoms with Crippen LogP contribution in [-0.4, -0.2) is 19.5 Å². The van der Waals surface area contributed by atoms with Gasteiger partial charge in [-0.2, -0.15) is 0 Å². The van der Waals surface area contributed by atoms with Crippen LogP contribution in [0.5, 0.6) is 0 Å². The summed E-state index contributed by atoms with van der Waals surface area (Å²) in [5, 5.41) is 0. The van der Waals surface area contributed by atoms with E-state index < -0.39 is 0 Å². The molecule has 0 spiro atoms. The maximum atomic E-state index is 8.00. The minimum absolute atomic E-state index is 0.0231. The molecular formula is C7H12O2. The zero-order chi connectivity index (χ0) is 7.70. The summed E-state index contributed by atoms with van der Waals surface area (Å²) in [5.74, 6) is 2.44. The zero-order valence-corrected chi connectivity index (χ0v) is 5.89. The van der Waals surface area contributed by atoms with Crippen molar-refractivity contribution < 1.29 is 9.53 Å². The molecule has 0 aliphatic heterocycles. The van der Waals surface area contributed by atoms with E-state index in [0.717, 1.165) is 0 Å². The lowest BCUT2D eigenvalue weighted by atomic mass is 10.4. The maximum absolute atomic E-state index is 8.00. The number of terminal acetylenes is 1. The topological polar surface area (TPSA) is 26.3 Å². The summed E-state index contributed by atoms with van der Waals surface area (Å²) in [4.78, 5) is 8.00. The average Bonchev–Trinajstić information content (AvgIpc) is 1.93. The van der Waals surface area contributed by atoms with Crippen LogP contribution >= 0.6 is 0 Å². The molecule has 0 radical (unpaired) electrons. The lowest BCUT2D eigenvalue weighted by molar-refractivity contribution is -0.0979. The Bertz CT molecular complexity index is 83.4. The molecule has 2 heteroatoms. The van der Waals surface area contributed by atoms with Crippen molar-refractivity contribution in [3.8, 4) is 12.3 Å². The summed E-state index contributed by atoms with van der Waals surface area (Å²) in [6.07, 6.45) is 4.96. The molecule has 0 saturated carbocycles. The van der Waals surface area contributed by atoms with E-state index in [1.54, 1.807) is 0 Å². The number of carbonyl (C=O) groups excluding carboxylic acids is 1. The molecule has 2 nitrogen and oxygen atoms in total. The molecule has 0 bridgehead atoms. The summed E-state index contributed by atoms with van der Waals surface area (Å²) in [7, 11) is 0. The average molecular weight is 128 g/mol. The van der Waals surface area contributed by atoms with Crippen LogP contribution in [0.2, 0.25) is 0 Å². The molecule has 0 heterocycles. The second kappa shape index (κ2) is 10.2. The highest BCUT2D eigenvalue weighted by atomic mass is 16.5. The zero-order valence-electron chi connectivity index (χ0n) is 5.89. The van der Waals surface area contributed by atoms with E-state index in [0.29, 0.717) is 6.61 Å². The summed E-state index contributed by atoms with van der Waals surface area (Å²) in [6.45, 7) is 6.47. The third-order valence-corrected chi connectivity index (χ3v) is 0.651. The van der Waals surface area contributed by atoms with Crippen LogP contribution in [0.3, 0.4) is 0 Å². The van der Waals surface area contributed by atoms with Gasteiger partial charge < -0.3 is 9.53 Å². The van der Waals surface area contributed by atoms with E-state index in [1.807, 2.05) is 20.6 Å². The summed E-state index contributed by atoms with van der Waals surface area (Å²) < 4.78 is 4.95. The maximum Gasteiger partial charge on any atom is 0.115 e. The molecule has 0 aromatic rings. The van der Waals surface area contributed by atoms with Crippen molar-refractivity contribution in [2.24, 2.45) is 0 Å². The van der Waals surface area contributed by atoms with Crippen LogP contribution in [0, 0.1) is 12.3 Å². The molecule has 0 aromatic carbocycles. The van der Waals surface area contributed by atoms with E-state index in [2.05, 4.69) is 5.92 Å². The van der Waals surface area contributed by atoms with Gasteiger partial charge in [-0.25, -0.2) is 0 Å². The molecule has 1 atom stereocenters. The molecule has 52 valence electrons. The smallest absolute Gasteiger partial charge is 0.115 e. The highest BCUT2D eigenvalue weighted by molar-refractivity contribution is 5.10. The predicted molar refractivity (Wildman–Crippen MR) is 37.0 cm³/mol. The van der Waals surface area contributed by atoms with Gasteiger partial charge in [-0.15, -0.1) is 6.42 Å². The Morgan fingerprint density at radius 1 is 1.78 bits per heavy atom. The number of carbonyl (C=O) groups is 1. The molecule has 0 amide bonds. The lowest BCUT2D eigenvalue weighted by Gasteiger charge is -1.99. The number of rotatable bonds is 2. The van der Waals surface area contributed by atoms with Crippen LogP contribution < -0.4 is 0 Å². The standard InChI is InChI=1S/C6H10O.CH2O/c1-4-6(3)7-5-2;1-2/h1,6H,5H2,2-3H3;1H2. The minimum atomic E-state index is -0.0231. The van der Waals surface area contributed by atoms with E-state index in [4.69, 9.17) is 16.0 Å². The van der Waals surface area contributed by atoms with Crippen molar-refractivity contribution in [2.75, 3.05) is 6.61 Å². The second-order valence-electron chi connectivity index (χ2n) is 1.26. The van der Waals surface area contributed by atoms with Crippen LogP contribution in [0.25, 0.3) is 0 Å².